The van der Waals surface area contributed by atoms with Gasteiger partial charge in [-0.15, -0.1) is 5.10 Å². The highest BCUT2D eigenvalue weighted by atomic mass is 35.5. The van der Waals surface area contributed by atoms with Gasteiger partial charge in [-0.1, -0.05) is 103 Å². The maximum Gasteiger partial charge on any atom is 0.185 e. The van der Waals surface area contributed by atoms with Crippen LogP contribution in [0, 0.1) is 0 Å². The van der Waals surface area contributed by atoms with E-state index in [1.807, 2.05) is 65.3 Å². The van der Waals surface area contributed by atoms with Crippen molar-refractivity contribution in [3.05, 3.63) is 131 Å². The molecule has 31 heavy (non-hydrogen) atoms. The van der Waals surface area contributed by atoms with E-state index in [1.54, 1.807) is 12.3 Å². The third-order valence-electron chi connectivity index (χ3n) is 5.35. The zero-order valence-corrected chi connectivity index (χ0v) is 17.3. The Balaban J connectivity index is 1.89. The predicted molar refractivity (Wildman–Crippen MR) is 121 cm³/mol. The summed E-state index contributed by atoms with van der Waals surface area (Å²) in [4.78, 5) is 4.23. The molecule has 0 saturated heterocycles. The molecule has 5 aromatic rings. The van der Waals surface area contributed by atoms with E-state index < -0.39 is 5.54 Å². The average molecular weight is 424 g/mol. The number of pyridine rings is 1. The fourth-order valence-corrected chi connectivity index (χ4v) is 4.12. The third-order valence-corrected chi connectivity index (χ3v) is 5.57. The van der Waals surface area contributed by atoms with Crippen LogP contribution in [0.15, 0.2) is 109 Å². The molecule has 0 bridgehead atoms. The van der Waals surface area contributed by atoms with Crippen molar-refractivity contribution in [2.45, 2.75) is 5.54 Å². The second-order valence-corrected chi connectivity index (χ2v) is 7.48. The van der Waals surface area contributed by atoms with Gasteiger partial charge in [0.25, 0.3) is 0 Å². The number of rotatable bonds is 5. The van der Waals surface area contributed by atoms with E-state index in [2.05, 4.69) is 56.9 Å². The topological polar surface area (TPSA) is 56.5 Å². The lowest BCUT2D eigenvalue weighted by atomic mass is 9.77. The summed E-state index contributed by atoms with van der Waals surface area (Å²) < 4.78 is 1.87. The molecule has 2 heterocycles. The van der Waals surface area contributed by atoms with Crippen LogP contribution in [-0.4, -0.2) is 25.2 Å². The Morgan fingerprint density at radius 3 is 1.61 bits per heavy atom. The van der Waals surface area contributed by atoms with Crippen LogP contribution < -0.4 is 0 Å². The lowest BCUT2D eigenvalue weighted by Gasteiger charge is -2.36. The Morgan fingerprint density at radius 1 is 0.645 bits per heavy atom. The maximum absolute atomic E-state index is 6.02. The number of nitrogens with zero attached hydrogens (tertiary/aromatic N) is 5. The summed E-state index contributed by atoms with van der Waals surface area (Å²) in [6.45, 7) is 0. The Hall–Kier alpha value is -3.83. The standard InChI is InChI=1S/C25H18ClN5/c26-23-17-16-19(18-27-23)24-28-29-30-31(24)25(20-10-4-1-5-11-20,21-12-6-2-7-13-21)22-14-8-3-9-15-22/h1-18H. The molecule has 0 aliphatic carbocycles. The summed E-state index contributed by atoms with van der Waals surface area (Å²) in [6.07, 6.45) is 1.69. The van der Waals surface area contributed by atoms with Crippen LogP contribution in [0.3, 0.4) is 0 Å². The lowest BCUT2D eigenvalue weighted by molar-refractivity contribution is 0.451. The summed E-state index contributed by atoms with van der Waals surface area (Å²) in [5.41, 5.74) is 3.12. The minimum atomic E-state index is -0.789. The van der Waals surface area contributed by atoms with E-state index in [-0.39, 0.29) is 0 Å². The van der Waals surface area contributed by atoms with Gasteiger partial charge in [-0.25, -0.2) is 9.67 Å². The van der Waals surface area contributed by atoms with Crippen LogP contribution in [0.4, 0.5) is 0 Å². The van der Waals surface area contributed by atoms with Gasteiger partial charge in [0.15, 0.2) is 5.82 Å². The summed E-state index contributed by atoms with van der Waals surface area (Å²) in [6, 6.07) is 34.4. The van der Waals surface area contributed by atoms with E-state index in [0.717, 1.165) is 22.3 Å². The van der Waals surface area contributed by atoms with Crippen LogP contribution >= 0.6 is 11.6 Å². The second kappa shape index (κ2) is 8.13. The Morgan fingerprint density at radius 2 is 1.16 bits per heavy atom. The molecule has 0 radical (unpaired) electrons. The number of benzene rings is 3. The fraction of sp³-hybridized carbons (Fsp3) is 0.0400. The molecule has 6 heteroatoms. The van der Waals surface area contributed by atoms with Gasteiger partial charge in [0, 0.05) is 11.8 Å². The molecule has 5 rings (SSSR count). The van der Waals surface area contributed by atoms with Gasteiger partial charge in [-0.2, -0.15) is 0 Å². The summed E-state index contributed by atoms with van der Waals surface area (Å²) in [7, 11) is 0. The number of aromatic nitrogens is 5. The van der Waals surface area contributed by atoms with E-state index >= 15 is 0 Å². The second-order valence-electron chi connectivity index (χ2n) is 7.09. The van der Waals surface area contributed by atoms with Crippen molar-refractivity contribution >= 4 is 11.6 Å². The third kappa shape index (κ3) is 3.29. The number of hydrogen-bond acceptors (Lipinski definition) is 4. The van der Waals surface area contributed by atoms with Crippen molar-refractivity contribution < 1.29 is 0 Å². The highest BCUT2D eigenvalue weighted by Crippen LogP contribution is 2.41. The first-order valence-electron chi connectivity index (χ1n) is 9.87. The van der Waals surface area contributed by atoms with Crippen LogP contribution in [-0.2, 0) is 5.54 Å². The smallest absolute Gasteiger partial charge is 0.185 e. The number of hydrogen-bond donors (Lipinski definition) is 0. The van der Waals surface area contributed by atoms with Crippen LogP contribution in [0.5, 0.6) is 0 Å². The zero-order valence-electron chi connectivity index (χ0n) is 16.5. The normalized spacial score (nSPS) is 11.4. The molecule has 3 aromatic carbocycles. The molecule has 0 aliphatic heterocycles. The highest BCUT2D eigenvalue weighted by Gasteiger charge is 2.41. The molecular formula is C25H18ClN5. The first-order valence-corrected chi connectivity index (χ1v) is 10.3. The molecular weight excluding hydrogens is 406 g/mol. The number of halogens is 1. The molecule has 0 saturated carbocycles. The van der Waals surface area contributed by atoms with Gasteiger partial charge >= 0.3 is 0 Å². The minimum absolute atomic E-state index is 0.420. The quantitative estimate of drug-likeness (QED) is 0.287. The Labute approximate surface area is 185 Å². The number of tetrazole rings is 1. The molecule has 0 spiro atoms. The monoisotopic (exact) mass is 423 g/mol. The van der Waals surface area contributed by atoms with E-state index in [1.165, 1.54) is 0 Å². The molecule has 0 amide bonds. The van der Waals surface area contributed by atoms with Crippen LogP contribution in [0.25, 0.3) is 11.4 Å². The van der Waals surface area contributed by atoms with Crippen molar-refractivity contribution in [1.29, 1.82) is 0 Å². The molecule has 0 atom stereocenters. The highest BCUT2D eigenvalue weighted by molar-refractivity contribution is 6.29. The molecule has 0 unspecified atom stereocenters. The molecule has 0 N–H and O–H groups in total. The first kappa shape index (κ1) is 19.2. The Bertz CT molecular complexity index is 1170. The SMILES string of the molecule is Clc1ccc(-c2nnnn2C(c2ccccc2)(c2ccccc2)c2ccccc2)cn1. The van der Waals surface area contributed by atoms with Gasteiger partial charge in [0.05, 0.1) is 0 Å². The molecule has 0 fully saturated rings. The lowest BCUT2D eigenvalue weighted by Crippen LogP contribution is -2.39. The van der Waals surface area contributed by atoms with Crippen LogP contribution in [0.1, 0.15) is 16.7 Å². The maximum atomic E-state index is 6.02. The molecule has 0 aliphatic rings. The van der Waals surface area contributed by atoms with Crippen LogP contribution in [0.2, 0.25) is 5.15 Å². The summed E-state index contributed by atoms with van der Waals surface area (Å²) >= 11 is 6.02. The predicted octanol–water partition coefficient (Wildman–Crippen LogP) is 5.23. The van der Waals surface area contributed by atoms with Gasteiger partial charge in [-0.05, 0) is 39.2 Å². The summed E-state index contributed by atoms with van der Waals surface area (Å²) in [5.74, 6) is 0.598. The van der Waals surface area contributed by atoms with Crippen molar-refractivity contribution in [2.75, 3.05) is 0 Å². The molecule has 5 nitrogen and oxygen atoms in total. The largest absolute Gasteiger partial charge is 0.244 e. The van der Waals surface area contributed by atoms with E-state index in [4.69, 9.17) is 11.6 Å². The van der Waals surface area contributed by atoms with Gasteiger partial charge in [-0.3, -0.25) is 0 Å². The van der Waals surface area contributed by atoms with Crippen molar-refractivity contribution in [1.82, 2.24) is 25.2 Å². The fourth-order valence-electron chi connectivity index (χ4n) is 4.01. The zero-order chi connectivity index (χ0) is 21.1. The first-order chi connectivity index (χ1) is 15.3. The summed E-state index contributed by atoms with van der Waals surface area (Å²) in [5, 5.41) is 13.4. The van der Waals surface area contributed by atoms with Gasteiger partial charge in [0.2, 0.25) is 0 Å². The Kier molecular flexibility index (Phi) is 5.02. The van der Waals surface area contributed by atoms with E-state index in [0.29, 0.717) is 11.0 Å². The molecule has 2 aromatic heterocycles. The van der Waals surface area contributed by atoms with Crippen molar-refractivity contribution in [3.8, 4) is 11.4 Å². The van der Waals surface area contributed by atoms with Crippen molar-refractivity contribution in [2.24, 2.45) is 0 Å². The van der Waals surface area contributed by atoms with E-state index in [9.17, 15) is 0 Å². The van der Waals surface area contributed by atoms with Gasteiger partial charge in [0.1, 0.15) is 10.7 Å². The molecule has 150 valence electrons. The minimum Gasteiger partial charge on any atom is -0.244 e. The average Bonchev–Trinajstić information content (AvgIpc) is 3.32. The van der Waals surface area contributed by atoms with Gasteiger partial charge < -0.3 is 0 Å². The van der Waals surface area contributed by atoms with Crippen molar-refractivity contribution in [3.63, 3.8) is 0 Å².